The summed E-state index contributed by atoms with van der Waals surface area (Å²) in [5.74, 6) is -0.283. The molecule has 1 aliphatic rings. The lowest BCUT2D eigenvalue weighted by molar-refractivity contribution is 0.445. The van der Waals surface area contributed by atoms with Crippen LogP contribution in [-0.4, -0.2) is 15.8 Å². The van der Waals surface area contributed by atoms with Crippen LogP contribution in [0, 0.1) is 5.82 Å². The van der Waals surface area contributed by atoms with Crippen LogP contribution in [0.25, 0.3) is 0 Å². The van der Waals surface area contributed by atoms with Crippen LogP contribution in [0.4, 0.5) is 10.1 Å². The number of nitrogens with zero attached hydrogens (tertiary/aromatic N) is 2. The van der Waals surface area contributed by atoms with Gasteiger partial charge in [-0.3, -0.25) is 4.79 Å². The largest absolute Gasteiger partial charge is 0.381 e. The second kappa shape index (κ2) is 5.45. The molecule has 20 heavy (non-hydrogen) atoms. The minimum absolute atomic E-state index is 0.154. The van der Waals surface area contributed by atoms with E-state index in [4.69, 9.17) is 0 Å². The second-order valence-electron chi connectivity index (χ2n) is 5.14. The Morgan fingerprint density at radius 2 is 2.05 bits per heavy atom. The summed E-state index contributed by atoms with van der Waals surface area (Å²) in [4.78, 5) is 12.0. The first kappa shape index (κ1) is 12.8. The van der Waals surface area contributed by atoms with E-state index in [1.165, 1.54) is 23.2 Å². The average Bonchev–Trinajstić information content (AvgIpc) is 2.39. The summed E-state index contributed by atoms with van der Waals surface area (Å²) in [6, 6.07) is 8.12. The highest BCUT2D eigenvalue weighted by atomic mass is 19.1. The van der Waals surface area contributed by atoms with E-state index < -0.39 is 0 Å². The van der Waals surface area contributed by atoms with Crippen molar-refractivity contribution in [3.8, 4) is 0 Å². The molecule has 1 heterocycles. The monoisotopic (exact) mass is 273 g/mol. The summed E-state index contributed by atoms with van der Waals surface area (Å²) < 4.78 is 14.2. The Morgan fingerprint density at radius 1 is 1.30 bits per heavy atom. The Hall–Kier alpha value is -2.17. The Labute approximate surface area is 116 Å². The molecule has 1 aromatic carbocycles. The van der Waals surface area contributed by atoms with Gasteiger partial charge in [0.05, 0.1) is 18.4 Å². The lowest BCUT2D eigenvalue weighted by Gasteiger charge is -2.27. The average molecular weight is 273 g/mol. The molecule has 0 bridgehead atoms. The smallest absolute Gasteiger partial charge is 0.269 e. The Kier molecular flexibility index (Phi) is 3.50. The van der Waals surface area contributed by atoms with Gasteiger partial charge in [0.15, 0.2) is 0 Å². The van der Waals surface area contributed by atoms with E-state index >= 15 is 0 Å². The van der Waals surface area contributed by atoms with Crippen molar-refractivity contribution in [1.29, 1.82) is 0 Å². The molecule has 1 aromatic heterocycles. The van der Waals surface area contributed by atoms with Crippen LogP contribution in [0.3, 0.4) is 0 Å². The quantitative estimate of drug-likeness (QED) is 0.930. The topological polar surface area (TPSA) is 46.9 Å². The first-order valence-corrected chi connectivity index (χ1v) is 6.79. The van der Waals surface area contributed by atoms with Gasteiger partial charge < -0.3 is 5.32 Å². The molecule has 0 unspecified atom stereocenters. The van der Waals surface area contributed by atoms with Gasteiger partial charge in [0, 0.05) is 12.1 Å². The van der Waals surface area contributed by atoms with Gasteiger partial charge in [0.1, 0.15) is 5.82 Å². The maximum Gasteiger partial charge on any atom is 0.269 e. The van der Waals surface area contributed by atoms with E-state index in [0.717, 1.165) is 24.1 Å². The molecular weight excluding hydrogens is 257 g/mol. The molecule has 5 heteroatoms. The number of rotatable bonds is 4. The van der Waals surface area contributed by atoms with Crippen LogP contribution < -0.4 is 10.9 Å². The second-order valence-corrected chi connectivity index (χ2v) is 5.14. The lowest BCUT2D eigenvalue weighted by Crippen LogP contribution is -2.29. The van der Waals surface area contributed by atoms with Gasteiger partial charge in [-0.15, -0.1) is 0 Å². The van der Waals surface area contributed by atoms with Gasteiger partial charge >= 0.3 is 0 Å². The normalized spacial score (nSPS) is 14.8. The summed E-state index contributed by atoms with van der Waals surface area (Å²) in [5, 5.41) is 7.45. The third-order valence-corrected chi connectivity index (χ3v) is 3.59. The zero-order valence-electron chi connectivity index (χ0n) is 11.1. The van der Waals surface area contributed by atoms with Crippen LogP contribution in [0.2, 0.25) is 0 Å². The van der Waals surface area contributed by atoms with Crippen molar-refractivity contribution < 1.29 is 4.39 Å². The van der Waals surface area contributed by atoms with E-state index in [0.29, 0.717) is 12.6 Å². The molecule has 1 N–H and O–H groups in total. The summed E-state index contributed by atoms with van der Waals surface area (Å²) >= 11 is 0. The summed E-state index contributed by atoms with van der Waals surface area (Å²) in [5.41, 5.74) is 1.47. The zero-order valence-corrected chi connectivity index (χ0v) is 11.1. The first-order chi connectivity index (χ1) is 9.70. The van der Waals surface area contributed by atoms with E-state index in [-0.39, 0.29) is 11.4 Å². The van der Waals surface area contributed by atoms with Gasteiger partial charge in [0.25, 0.3) is 5.56 Å². The molecule has 104 valence electrons. The maximum atomic E-state index is 12.8. The summed E-state index contributed by atoms with van der Waals surface area (Å²) in [6.45, 7) is 0.350. The Balaban J connectivity index is 1.73. The SMILES string of the molecule is O=c1cc(NC2CCC2)cnn1Cc1ccc(F)cc1. The molecule has 1 aliphatic carbocycles. The molecule has 0 atom stereocenters. The predicted molar refractivity (Wildman–Crippen MR) is 75.3 cm³/mol. The van der Waals surface area contributed by atoms with Crippen LogP contribution in [0.5, 0.6) is 0 Å². The lowest BCUT2D eigenvalue weighted by atomic mass is 9.93. The van der Waals surface area contributed by atoms with Crippen molar-refractivity contribution in [1.82, 2.24) is 9.78 Å². The van der Waals surface area contributed by atoms with Crippen LogP contribution in [0.1, 0.15) is 24.8 Å². The number of halogens is 1. The zero-order chi connectivity index (χ0) is 13.9. The van der Waals surface area contributed by atoms with Crippen molar-refractivity contribution >= 4 is 5.69 Å². The fourth-order valence-corrected chi connectivity index (χ4v) is 2.18. The number of anilines is 1. The molecule has 1 fully saturated rings. The number of nitrogens with one attached hydrogen (secondary N) is 1. The van der Waals surface area contributed by atoms with E-state index in [1.807, 2.05) is 0 Å². The van der Waals surface area contributed by atoms with E-state index in [2.05, 4.69) is 10.4 Å². The van der Waals surface area contributed by atoms with Crippen molar-refractivity contribution in [2.75, 3.05) is 5.32 Å². The van der Waals surface area contributed by atoms with Crippen molar-refractivity contribution in [3.63, 3.8) is 0 Å². The van der Waals surface area contributed by atoms with Crippen LogP contribution in [0.15, 0.2) is 41.3 Å². The molecule has 3 rings (SSSR count). The molecule has 0 radical (unpaired) electrons. The molecular formula is C15H16FN3O. The van der Waals surface area contributed by atoms with E-state index in [9.17, 15) is 9.18 Å². The Morgan fingerprint density at radius 3 is 2.65 bits per heavy atom. The van der Waals surface area contributed by atoms with Crippen molar-refractivity contribution in [2.24, 2.45) is 0 Å². The van der Waals surface area contributed by atoms with Crippen LogP contribution in [-0.2, 0) is 6.54 Å². The highest BCUT2D eigenvalue weighted by Gasteiger charge is 2.17. The molecule has 0 amide bonds. The minimum atomic E-state index is -0.283. The minimum Gasteiger partial charge on any atom is -0.381 e. The third kappa shape index (κ3) is 2.87. The molecule has 0 saturated heterocycles. The van der Waals surface area contributed by atoms with Gasteiger partial charge in [-0.1, -0.05) is 12.1 Å². The van der Waals surface area contributed by atoms with Gasteiger partial charge in [-0.25, -0.2) is 9.07 Å². The molecule has 0 spiro atoms. The van der Waals surface area contributed by atoms with Crippen molar-refractivity contribution in [2.45, 2.75) is 31.8 Å². The molecule has 0 aliphatic heterocycles. The predicted octanol–water partition coefficient (Wildman–Crippen LogP) is 2.40. The van der Waals surface area contributed by atoms with Crippen molar-refractivity contribution in [3.05, 3.63) is 58.3 Å². The number of aromatic nitrogens is 2. The highest BCUT2D eigenvalue weighted by Crippen LogP contribution is 2.22. The fraction of sp³-hybridized carbons (Fsp3) is 0.333. The highest BCUT2D eigenvalue weighted by molar-refractivity contribution is 5.40. The van der Waals surface area contributed by atoms with Crippen LogP contribution >= 0.6 is 0 Å². The number of benzene rings is 1. The molecule has 2 aromatic rings. The maximum absolute atomic E-state index is 12.8. The van der Waals surface area contributed by atoms with Gasteiger partial charge in [-0.05, 0) is 37.0 Å². The van der Waals surface area contributed by atoms with Gasteiger partial charge in [-0.2, -0.15) is 5.10 Å². The third-order valence-electron chi connectivity index (χ3n) is 3.59. The summed E-state index contributed by atoms with van der Waals surface area (Å²) in [7, 11) is 0. The summed E-state index contributed by atoms with van der Waals surface area (Å²) in [6.07, 6.45) is 5.22. The van der Waals surface area contributed by atoms with E-state index in [1.54, 1.807) is 24.4 Å². The fourth-order valence-electron chi connectivity index (χ4n) is 2.18. The number of hydrogen-bond acceptors (Lipinski definition) is 3. The Bertz CT molecular complexity index is 647. The standard InChI is InChI=1S/C15H16FN3O/c16-12-6-4-11(5-7-12)10-19-15(20)8-14(9-17-19)18-13-2-1-3-13/h4-9,13,18H,1-3,10H2. The number of hydrogen-bond donors (Lipinski definition) is 1. The first-order valence-electron chi connectivity index (χ1n) is 6.79. The molecule has 1 saturated carbocycles. The van der Waals surface area contributed by atoms with Gasteiger partial charge in [0.2, 0.25) is 0 Å². The molecule has 4 nitrogen and oxygen atoms in total.